The van der Waals surface area contributed by atoms with E-state index in [1.165, 1.54) is 6.07 Å². The fourth-order valence-corrected chi connectivity index (χ4v) is 2.66. The van der Waals surface area contributed by atoms with Crippen LogP contribution < -0.4 is 0 Å². The molecule has 2 aromatic rings. The third-order valence-electron chi connectivity index (χ3n) is 3.43. The molecule has 0 radical (unpaired) electrons. The van der Waals surface area contributed by atoms with Gasteiger partial charge in [0.2, 0.25) is 0 Å². The number of carbonyl (C=O) groups is 1. The van der Waals surface area contributed by atoms with Crippen LogP contribution in [0.2, 0.25) is 0 Å². The molecule has 1 aliphatic carbocycles. The highest BCUT2D eigenvalue weighted by molar-refractivity contribution is 6.00. The average Bonchev–Trinajstić information content (AvgIpc) is 2.71. The molecule has 0 aromatic heterocycles. The highest BCUT2D eigenvalue weighted by Gasteiger charge is 2.31. The summed E-state index contributed by atoms with van der Waals surface area (Å²) in [6, 6.07) is 8.19. The lowest BCUT2D eigenvalue weighted by atomic mass is 10.00. The van der Waals surface area contributed by atoms with E-state index in [4.69, 9.17) is 0 Å². The van der Waals surface area contributed by atoms with E-state index in [9.17, 15) is 20.0 Å². The summed E-state index contributed by atoms with van der Waals surface area (Å²) in [4.78, 5) is 21.7. The first-order chi connectivity index (χ1) is 8.59. The quantitative estimate of drug-likeness (QED) is 0.649. The first kappa shape index (κ1) is 10.7. The molecule has 90 valence electrons. The summed E-state index contributed by atoms with van der Waals surface area (Å²) < 4.78 is 0. The van der Waals surface area contributed by atoms with Gasteiger partial charge >= 0.3 is 5.97 Å². The Balaban J connectivity index is 2.37. The van der Waals surface area contributed by atoms with Crippen molar-refractivity contribution in [1.82, 2.24) is 0 Å². The summed E-state index contributed by atoms with van der Waals surface area (Å²) in [5.41, 5.74) is 1.58. The molecule has 5 heteroatoms. The molecule has 2 aromatic carbocycles. The molecule has 0 spiro atoms. The zero-order chi connectivity index (χ0) is 12.9. The SMILES string of the molecule is O=C(O)C1Cc2ccc([N+](=O)[O-])c3cccc1c23. The van der Waals surface area contributed by atoms with E-state index in [1.807, 2.05) is 0 Å². The number of nitrogens with zero attached hydrogens (tertiary/aromatic N) is 1. The first-order valence-corrected chi connectivity index (χ1v) is 5.51. The van der Waals surface area contributed by atoms with Crippen molar-refractivity contribution in [3.8, 4) is 0 Å². The Morgan fingerprint density at radius 1 is 1.33 bits per heavy atom. The number of non-ortho nitro benzene ring substituents is 1. The van der Waals surface area contributed by atoms with Crippen molar-refractivity contribution >= 4 is 22.4 Å². The molecular formula is C13H9NO4. The zero-order valence-electron chi connectivity index (χ0n) is 9.29. The van der Waals surface area contributed by atoms with Gasteiger partial charge in [-0.25, -0.2) is 0 Å². The Hall–Kier alpha value is -2.43. The number of aliphatic carboxylic acids is 1. The van der Waals surface area contributed by atoms with Crippen molar-refractivity contribution in [1.29, 1.82) is 0 Å². The Labute approximate surface area is 102 Å². The van der Waals surface area contributed by atoms with Crippen LogP contribution >= 0.6 is 0 Å². The van der Waals surface area contributed by atoms with Gasteiger partial charge in [0.1, 0.15) is 0 Å². The summed E-state index contributed by atoms with van der Waals surface area (Å²) in [7, 11) is 0. The van der Waals surface area contributed by atoms with Crippen LogP contribution in [-0.4, -0.2) is 16.0 Å². The van der Waals surface area contributed by atoms with Crippen LogP contribution in [-0.2, 0) is 11.2 Å². The lowest BCUT2D eigenvalue weighted by Gasteiger charge is -2.05. The Bertz CT molecular complexity index is 693. The van der Waals surface area contributed by atoms with Gasteiger partial charge in [0.25, 0.3) is 5.69 Å². The average molecular weight is 243 g/mol. The molecule has 0 saturated heterocycles. The Morgan fingerprint density at radius 2 is 2.11 bits per heavy atom. The van der Waals surface area contributed by atoms with E-state index in [2.05, 4.69) is 0 Å². The molecule has 3 rings (SSSR count). The summed E-state index contributed by atoms with van der Waals surface area (Å²) >= 11 is 0. The molecule has 1 unspecified atom stereocenters. The molecular weight excluding hydrogens is 234 g/mol. The van der Waals surface area contributed by atoms with Gasteiger partial charge < -0.3 is 5.11 Å². The molecule has 0 bridgehead atoms. The van der Waals surface area contributed by atoms with Crippen LogP contribution in [0.1, 0.15) is 17.0 Å². The fourth-order valence-electron chi connectivity index (χ4n) is 2.66. The monoisotopic (exact) mass is 243 g/mol. The van der Waals surface area contributed by atoms with Crippen molar-refractivity contribution < 1.29 is 14.8 Å². The number of carboxylic acids is 1. The lowest BCUT2D eigenvalue weighted by Crippen LogP contribution is -2.09. The molecule has 0 amide bonds. The summed E-state index contributed by atoms with van der Waals surface area (Å²) in [6.07, 6.45) is 0.406. The first-order valence-electron chi connectivity index (χ1n) is 5.51. The molecule has 0 saturated carbocycles. The highest BCUT2D eigenvalue weighted by Crippen LogP contribution is 2.41. The standard InChI is InChI=1S/C13H9NO4/c15-13(16)10-6-7-4-5-11(14(17)18)9-3-1-2-8(10)12(7)9/h1-5,10H,6H2,(H,15,16). The maximum atomic E-state index is 11.2. The number of carboxylic acid groups (broad SMARTS) is 1. The van der Waals surface area contributed by atoms with Crippen LogP contribution in [0.5, 0.6) is 0 Å². The molecule has 0 fully saturated rings. The van der Waals surface area contributed by atoms with Gasteiger partial charge in [-0.1, -0.05) is 18.2 Å². The maximum Gasteiger partial charge on any atom is 0.311 e. The second-order valence-corrected chi connectivity index (χ2v) is 4.37. The van der Waals surface area contributed by atoms with Gasteiger partial charge in [0.15, 0.2) is 0 Å². The number of hydrogen-bond donors (Lipinski definition) is 1. The number of benzene rings is 2. The van der Waals surface area contributed by atoms with Crippen molar-refractivity contribution in [3.05, 3.63) is 51.6 Å². The predicted octanol–water partition coefficient (Wildman–Crippen LogP) is 2.47. The van der Waals surface area contributed by atoms with Gasteiger partial charge in [-0.15, -0.1) is 0 Å². The van der Waals surface area contributed by atoms with Crippen molar-refractivity contribution in [2.24, 2.45) is 0 Å². The highest BCUT2D eigenvalue weighted by atomic mass is 16.6. The van der Waals surface area contributed by atoms with Crippen molar-refractivity contribution in [2.75, 3.05) is 0 Å². The van der Waals surface area contributed by atoms with E-state index in [-0.39, 0.29) is 5.69 Å². The van der Waals surface area contributed by atoms with Crippen molar-refractivity contribution in [2.45, 2.75) is 12.3 Å². The molecule has 1 atom stereocenters. The van der Waals surface area contributed by atoms with Crippen LogP contribution in [0.25, 0.3) is 10.8 Å². The third kappa shape index (κ3) is 1.30. The smallest absolute Gasteiger partial charge is 0.311 e. The fraction of sp³-hybridized carbons (Fsp3) is 0.154. The number of nitro benzene ring substituents is 1. The summed E-state index contributed by atoms with van der Waals surface area (Å²) in [5.74, 6) is -1.48. The number of rotatable bonds is 2. The van der Waals surface area contributed by atoms with Crippen LogP contribution in [0.4, 0.5) is 5.69 Å². The van der Waals surface area contributed by atoms with E-state index in [0.717, 1.165) is 10.9 Å². The maximum absolute atomic E-state index is 11.2. The molecule has 1 N–H and O–H groups in total. The minimum atomic E-state index is -0.888. The van der Waals surface area contributed by atoms with E-state index >= 15 is 0 Å². The van der Waals surface area contributed by atoms with Crippen molar-refractivity contribution in [3.63, 3.8) is 0 Å². The number of hydrogen-bond acceptors (Lipinski definition) is 3. The third-order valence-corrected chi connectivity index (χ3v) is 3.43. The predicted molar refractivity (Wildman–Crippen MR) is 64.7 cm³/mol. The topological polar surface area (TPSA) is 80.4 Å². The Morgan fingerprint density at radius 3 is 2.78 bits per heavy atom. The minimum absolute atomic E-state index is 0.0293. The van der Waals surface area contributed by atoms with E-state index < -0.39 is 16.8 Å². The lowest BCUT2D eigenvalue weighted by molar-refractivity contribution is -0.383. The molecule has 18 heavy (non-hydrogen) atoms. The molecule has 5 nitrogen and oxygen atoms in total. The second kappa shape index (κ2) is 3.53. The largest absolute Gasteiger partial charge is 0.481 e. The summed E-state index contributed by atoms with van der Waals surface area (Å²) in [6.45, 7) is 0. The van der Waals surface area contributed by atoms with Crippen LogP contribution in [0.15, 0.2) is 30.3 Å². The van der Waals surface area contributed by atoms with Gasteiger partial charge in [-0.05, 0) is 29.0 Å². The van der Waals surface area contributed by atoms with Gasteiger partial charge in [-0.2, -0.15) is 0 Å². The molecule has 0 aliphatic heterocycles. The van der Waals surface area contributed by atoms with E-state index in [0.29, 0.717) is 17.4 Å². The summed E-state index contributed by atoms with van der Waals surface area (Å²) in [5, 5.41) is 21.4. The van der Waals surface area contributed by atoms with Gasteiger partial charge in [0, 0.05) is 6.07 Å². The zero-order valence-corrected chi connectivity index (χ0v) is 9.29. The normalized spacial score (nSPS) is 17.0. The minimum Gasteiger partial charge on any atom is -0.481 e. The van der Waals surface area contributed by atoms with E-state index in [1.54, 1.807) is 24.3 Å². The van der Waals surface area contributed by atoms with Gasteiger partial charge in [0.05, 0.1) is 16.2 Å². The number of nitro groups is 1. The molecule has 0 heterocycles. The Kier molecular flexibility index (Phi) is 2.10. The second-order valence-electron chi connectivity index (χ2n) is 4.37. The van der Waals surface area contributed by atoms with Gasteiger partial charge in [-0.3, -0.25) is 14.9 Å². The molecule has 1 aliphatic rings. The van der Waals surface area contributed by atoms with Crippen LogP contribution in [0, 0.1) is 10.1 Å². The van der Waals surface area contributed by atoms with Crippen LogP contribution in [0.3, 0.4) is 0 Å².